The molecule has 0 aliphatic carbocycles. The maximum atomic E-state index is 12.2. The van der Waals surface area contributed by atoms with Gasteiger partial charge < -0.3 is 15.4 Å². The van der Waals surface area contributed by atoms with Crippen molar-refractivity contribution >= 4 is 35.6 Å². The number of hydrogen-bond donors (Lipinski definition) is 2. The summed E-state index contributed by atoms with van der Waals surface area (Å²) >= 11 is 5.93. The molecule has 20 heavy (non-hydrogen) atoms. The van der Waals surface area contributed by atoms with Crippen LogP contribution in [0, 0.1) is 11.8 Å². The van der Waals surface area contributed by atoms with Gasteiger partial charge in [0.05, 0.1) is 12.3 Å². The van der Waals surface area contributed by atoms with Crippen LogP contribution in [0.4, 0.5) is 5.69 Å². The summed E-state index contributed by atoms with van der Waals surface area (Å²) in [7, 11) is 0. The monoisotopic (exact) mass is 318 g/mol. The summed E-state index contributed by atoms with van der Waals surface area (Å²) in [4.78, 5) is 12.2. The smallest absolute Gasteiger partial charge is 0.227 e. The Morgan fingerprint density at radius 3 is 2.80 bits per heavy atom. The average molecular weight is 319 g/mol. The zero-order valence-electron chi connectivity index (χ0n) is 11.6. The third-order valence-corrected chi connectivity index (χ3v) is 3.67. The minimum absolute atomic E-state index is 0. The second kappa shape index (κ2) is 7.72. The predicted molar refractivity (Wildman–Crippen MR) is 84.0 cm³/mol. The van der Waals surface area contributed by atoms with Gasteiger partial charge in [-0.2, -0.15) is 0 Å². The average Bonchev–Trinajstić information content (AvgIpc) is 2.30. The Labute approximate surface area is 130 Å². The number of rotatable bonds is 5. The van der Waals surface area contributed by atoms with Gasteiger partial charge in [-0.3, -0.25) is 4.79 Å². The van der Waals surface area contributed by atoms with Crippen molar-refractivity contribution in [3.8, 4) is 5.75 Å². The van der Waals surface area contributed by atoms with E-state index in [0.29, 0.717) is 29.0 Å². The van der Waals surface area contributed by atoms with Gasteiger partial charge in [0.15, 0.2) is 0 Å². The fraction of sp³-hybridized carbons (Fsp3) is 0.500. The fourth-order valence-electron chi connectivity index (χ4n) is 2.00. The van der Waals surface area contributed by atoms with Crippen molar-refractivity contribution in [3.05, 3.63) is 23.2 Å². The quantitative estimate of drug-likeness (QED) is 0.877. The summed E-state index contributed by atoms with van der Waals surface area (Å²) in [6.45, 7) is 6.21. The van der Waals surface area contributed by atoms with Crippen molar-refractivity contribution in [1.82, 2.24) is 5.32 Å². The molecule has 1 aromatic rings. The third kappa shape index (κ3) is 4.01. The summed E-state index contributed by atoms with van der Waals surface area (Å²) in [6.07, 6.45) is 0. The maximum Gasteiger partial charge on any atom is 0.227 e. The molecule has 112 valence electrons. The van der Waals surface area contributed by atoms with E-state index in [9.17, 15) is 4.79 Å². The highest BCUT2D eigenvalue weighted by Gasteiger charge is 2.29. The maximum absolute atomic E-state index is 12.2. The Hall–Kier alpha value is -0.970. The van der Waals surface area contributed by atoms with E-state index in [0.717, 1.165) is 13.1 Å². The Bertz CT molecular complexity index is 464. The lowest BCUT2D eigenvalue weighted by molar-refractivity contribution is -0.121. The lowest BCUT2D eigenvalue weighted by Gasteiger charge is -2.31. The molecule has 2 rings (SSSR count). The Morgan fingerprint density at radius 2 is 2.25 bits per heavy atom. The number of halogens is 2. The first kappa shape index (κ1) is 17.1. The Morgan fingerprint density at radius 1 is 1.55 bits per heavy atom. The van der Waals surface area contributed by atoms with Crippen molar-refractivity contribution in [3.63, 3.8) is 0 Å². The van der Waals surface area contributed by atoms with E-state index >= 15 is 0 Å². The topological polar surface area (TPSA) is 50.4 Å². The number of nitrogens with one attached hydrogen (secondary N) is 2. The SMILES string of the molecule is CCOc1cc(Cl)ccc1NC(=O)C(C)C1CNC1.Cl. The van der Waals surface area contributed by atoms with E-state index in [-0.39, 0.29) is 24.2 Å². The second-order valence-corrected chi connectivity index (χ2v) is 5.21. The molecule has 1 fully saturated rings. The van der Waals surface area contributed by atoms with Gasteiger partial charge in [-0.1, -0.05) is 18.5 Å². The molecule has 1 unspecified atom stereocenters. The first-order valence-corrected chi connectivity index (χ1v) is 6.93. The van der Waals surface area contributed by atoms with E-state index in [1.807, 2.05) is 13.8 Å². The number of amides is 1. The van der Waals surface area contributed by atoms with Crippen LogP contribution in [0.2, 0.25) is 5.02 Å². The van der Waals surface area contributed by atoms with Crippen LogP contribution in [0.25, 0.3) is 0 Å². The molecule has 1 aromatic carbocycles. The summed E-state index contributed by atoms with van der Waals surface area (Å²) in [5.41, 5.74) is 0.676. The van der Waals surface area contributed by atoms with E-state index < -0.39 is 0 Å². The standard InChI is InChI=1S/C14H19ClN2O2.ClH/c1-3-19-13-6-11(15)4-5-12(13)17-14(18)9(2)10-7-16-8-10;/h4-6,9-10,16H,3,7-8H2,1-2H3,(H,17,18);1H. The lowest BCUT2D eigenvalue weighted by Crippen LogP contribution is -2.48. The van der Waals surface area contributed by atoms with E-state index in [4.69, 9.17) is 16.3 Å². The van der Waals surface area contributed by atoms with Crippen LogP contribution in [-0.4, -0.2) is 25.6 Å². The normalized spacial score (nSPS) is 15.8. The molecule has 4 nitrogen and oxygen atoms in total. The van der Waals surface area contributed by atoms with Crippen molar-refractivity contribution in [2.24, 2.45) is 11.8 Å². The largest absolute Gasteiger partial charge is 0.492 e. The van der Waals surface area contributed by atoms with Crippen LogP contribution < -0.4 is 15.4 Å². The van der Waals surface area contributed by atoms with Gasteiger partial charge in [-0.15, -0.1) is 12.4 Å². The molecule has 0 bridgehead atoms. The number of carbonyl (C=O) groups excluding carboxylic acids is 1. The predicted octanol–water partition coefficient (Wildman–Crippen LogP) is 2.95. The van der Waals surface area contributed by atoms with Crippen LogP contribution >= 0.6 is 24.0 Å². The van der Waals surface area contributed by atoms with Gasteiger partial charge in [-0.25, -0.2) is 0 Å². The molecule has 2 N–H and O–H groups in total. The van der Waals surface area contributed by atoms with Gasteiger partial charge in [0, 0.05) is 17.0 Å². The number of hydrogen-bond acceptors (Lipinski definition) is 3. The molecule has 0 aromatic heterocycles. The van der Waals surface area contributed by atoms with Gasteiger partial charge in [0.25, 0.3) is 0 Å². The number of benzene rings is 1. The molecular formula is C14H20Cl2N2O2. The van der Waals surface area contributed by atoms with Crippen LogP contribution in [0.3, 0.4) is 0 Å². The molecular weight excluding hydrogens is 299 g/mol. The van der Waals surface area contributed by atoms with Crippen LogP contribution in [0.15, 0.2) is 18.2 Å². The molecule has 1 aliphatic rings. The molecule has 6 heteroatoms. The molecule has 0 spiro atoms. The third-order valence-electron chi connectivity index (χ3n) is 3.44. The summed E-state index contributed by atoms with van der Waals surface area (Å²) in [5.74, 6) is 1.05. The molecule has 0 radical (unpaired) electrons. The highest BCUT2D eigenvalue weighted by atomic mass is 35.5. The Kier molecular flexibility index (Phi) is 6.59. The first-order valence-electron chi connectivity index (χ1n) is 6.55. The van der Waals surface area contributed by atoms with Crippen molar-refractivity contribution < 1.29 is 9.53 Å². The van der Waals surface area contributed by atoms with E-state index in [1.54, 1.807) is 18.2 Å². The van der Waals surface area contributed by atoms with E-state index in [2.05, 4.69) is 10.6 Å². The molecule has 0 saturated carbocycles. The van der Waals surface area contributed by atoms with Gasteiger partial charge >= 0.3 is 0 Å². The zero-order valence-corrected chi connectivity index (χ0v) is 13.2. The van der Waals surface area contributed by atoms with Crippen molar-refractivity contribution in [2.75, 3.05) is 25.0 Å². The highest BCUT2D eigenvalue weighted by Crippen LogP contribution is 2.29. The number of ether oxygens (including phenoxy) is 1. The minimum atomic E-state index is -0.00796. The first-order chi connectivity index (χ1) is 9.11. The summed E-state index contributed by atoms with van der Waals surface area (Å²) in [5, 5.41) is 6.69. The summed E-state index contributed by atoms with van der Waals surface area (Å²) in [6, 6.07) is 5.24. The lowest BCUT2D eigenvalue weighted by atomic mass is 9.88. The second-order valence-electron chi connectivity index (χ2n) is 4.77. The van der Waals surface area contributed by atoms with Gasteiger partial charge in [0.2, 0.25) is 5.91 Å². The van der Waals surface area contributed by atoms with Crippen LogP contribution in [0.1, 0.15) is 13.8 Å². The zero-order chi connectivity index (χ0) is 13.8. The van der Waals surface area contributed by atoms with Gasteiger partial charge in [0.1, 0.15) is 5.75 Å². The van der Waals surface area contributed by atoms with Gasteiger partial charge in [-0.05, 0) is 38.1 Å². The molecule has 1 heterocycles. The number of carbonyl (C=O) groups is 1. The fourth-order valence-corrected chi connectivity index (χ4v) is 2.16. The molecule has 1 saturated heterocycles. The van der Waals surface area contributed by atoms with Crippen LogP contribution in [0.5, 0.6) is 5.75 Å². The minimum Gasteiger partial charge on any atom is -0.492 e. The molecule has 1 aliphatic heterocycles. The van der Waals surface area contributed by atoms with Crippen molar-refractivity contribution in [1.29, 1.82) is 0 Å². The number of anilines is 1. The van der Waals surface area contributed by atoms with Crippen LogP contribution in [-0.2, 0) is 4.79 Å². The van der Waals surface area contributed by atoms with Crippen molar-refractivity contribution in [2.45, 2.75) is 13.8 Å². The highest BCUT2D eigenvalue weighted by molar-refractivity contribution is 6.30. The molecule has 1 amide bonds. The summed E-state index contributed by atoms with van der Waals surface area (Å²) < 4.78 is 5.49. The Balaban J connectivity index is 0.00000200. The van der Waals surface area contributed by atoms with E-state index in [1.165, 1.54) is 0 Å². The molecule has 1 atom stereocenters.